The predicted molar refractivity (Wildman–Crippen MR) is 84.5 cm³/mol. The Morgan fingerprint density at radius 1 is 1.14 bits per heavy atom. The first-order chi connectivity index (χ1) is 10.1. The highest BCUT2D eigenvalue weighted by atomic mass is 32.2. The van der Waals surface area contributed by atoms with E-state index in [1.807, 2.05) is 26.1 Å². The molecule has 1 aliphatic carbocycles. The van der Waals surface area contributed by atoms with Crippen molar-refractivity contribution in [3.05, 3.63) is 40.8 Å². The Morgan fingerprint density at radius 2 is 1.86 bits per heavy atom. The third-order valence-corrected chi connectivity index (χ3v) is 4.39. The Hall–Kier alpha value is -1.46. The molecule has 0 amide bonds. The van der Waals surface area contributed by atoms with Gasteiger partial charge in [0.1, 0.15) is 5.03 Å². The molecular formula is C16H20N4S. The van der Waals surface area contributed by atoms with Crippen LogP contribution in [0.1, 0.15) is 35.4 Å². The van der Waals surface area contributed by atoms with Gasteiger partial charge in [0.25, 0.3) is 0 Å². The molecular weight excluding hydrogens is 280 g/mol. The summed E-state index contributed by atoms with van der Waals surface area (Å²) < 4.78 is 0. The fourth-order valence-electron chi connectivity index (χ4n) is 2.20. The second kappa shape index (κ2) is 6.12. The molecule has 0 aliphatic heterocycles. The second-order valence-corrected chi connectivity index (χ2v) is 6.61. The number of aromatic nitrogens is 3. The molecule has 110 valence electrons. The van der Waals surface area contributed by atoms with Crippen molar-refractivity contribution in [2.75, 3.05) is 0 Å². The summed E-state index contributed by atoms with van der Waals surface area (Å²) in [4.78, 5) is 13.5. The Kier molecular flexibility index (Phi) is 4.22. The predicted octanol–water partition coefficient (Wildman–Crippen LogP) is 3.20. The molecule has 0 spiro atoms. The molecule has 21 heavy (non-hydrogen) atoms. The fourth-order valence-corrected chi connectivity index (χ4v) is 3.08. The van der Waals surface area contributed by atoms with E-state index in [9.17, 15) is 0 Å². The smallest absolute Gasteiger partial charge is 0.194 e. The van der Waals surface area contributed by atoms with Gasteiger partial charge >= 0.3 is 0 Å². The largest absolute Gasteiger partial charge is 0.310 e. The van der Waals surface area contributed by atoms with E-state index in [4.69, 9.17) is 0 Å². The number of hydrogen-bond acceptors (Lipinski definition) is 5. The summed E-state index contributed by atoms with van der Waals surface area (Å²) in [6, 6.07) is 4.91. The van der Waals surface area contributed by atoms with Gasteiger partial charge in [0.05, 0.1) is 0 Å². The van der Waals surface area contributed by atoms with Crippen molar-refractivity contribution in [1.82, 2.24) is 20.3 Å². The van der Waals surface area contributed by atoms with Crippen LogP contribution in [0.5, 0.6) is 0 Å². The molecule has 2 aromatic rings. The maximum absolute atomic E-state index is 4.57. The average Bonchev–Trinajstić information content (AvgIpc) is 3.22. The van der Waals surface area contributed by atoms with Crippen LogP contribution in [0.15, 0.2) is 28.5 Å². The molecule has 0 atom stereocenters. The summed E-state index contributed by atoms with van der Waals surface area (Å²) in [5, 5.41) is 5.26. The number of pyridine rings is 1. The van der Waals surface area contributed by atoms with Crippen LogP contribution in [0.25, 0.3) is 0 Å². The summed E-state index contributed by atoms with van der Waals surface area (Å²) in [5.74, 6) is 0. The molecule has 1 saturated carbocycles. The van der Waals surface area contributed by atoms with Crippen molar-refractivity contribution in [3.63, 3.8) is 0 Å². The van der Waals surface area contributed by atoms with E-state index < -0.39 is 0 Å². The van der Waals surface area contributed by atoms with Crippen LogP contribution in [0.2, 0.25) is 0 Å². The van der Waals surface area contributed by atoms with E-state index >= 15 is 0 Å². The molecule has 4 nitrogen and oxygen atoms in total. The highest BCUT2D eigenvalue weighted by molar-refractivity contribution is 7.99. The number of nitrogens with zero attached hydrogens (tertiary/aromatic N) is 3. The first-order valence-corrected chi connectivity index (χ1v) is 8.11. The van der Waals surface area contributed by atoms with Gasteiger partial charge in [-0.3, -0.25) is 0 Å². The van der Waals surface area contributed by atoms with Gasteiger partial charge in [0.2, 0.25) is 0 Å². The zero-order valence-electron chi connectivity index (χ0n) is 12.7. The molecule has 2 aromatic heterocycles. The van der Waals surface area contributed by atoms with Gasteiger partial charge in [-0.05, 0) is 62.6 Å². The maximum atomic E-state index is 4.57. The average molecular weight is 300 g/mol. The van der Waals surface area contributed by atoms with Crippen molar-refractivity contribution in [3.8, 4) is 0 Å². The normalized spacial score (nSPS) is 14.4. The molecule has 2 heterocycles. The molecule has 5 heteroatoms. The van der Waals surface area contributed by atoms with Crippen molar-refractivity contribution < 1.29 is 0 Å². The standard InChI is InChI=1S/C16H20N4S/c1-10-6-13(8-17-14-4-5-14)9-18-15(10)21-16-19-11(2)7-12(3)20-16/h6-7,9,14,17H,4-5,8H2,1-3H3. The third kappa shape index (κ3) is 4.02. The third-order valence-electron chi connectivity index (χ3n) is 3.41. The maximum Gasteiger partial charge on any atom is 0.194 e. The Morgan fingerprint density at radius 3 is 2.48 bits per heavy atom. The van der Waals surface area contributed by atoms with Gasteiger partial charge in [-0.25, -0.2) is 15.0 Å². The summed E-state index contributed by atoms with van der Waals surface area (Å²) in [6.45, 7) is 6.99. The Balaban J connectivity index is 1.72. The highest BCUT2D eigenvalue weighted by Gasteiger charge is 2.20. The SMILES string of the molecule is Cc1cc(C)nc(Sc2ncc(CNC3CC3)cc2C)n1. The van der Waals surface area contributed by atoms with E-state index in [1.54, 1.807) is 0 Å². The van der Waals surface area contributed by atoms with Crippen LogP contribution in [0.3, 0.4) is 0 Å². The Labute approximate surface area is 129 Å². The van der Waals surface area contributed by atoms with Crippen molar-refractivity contribution in [2.45, 2.75) is 56.4 Å². The topological polar surface area (TPSA) is 50.7 Å². The Bertz CT molecular complexity index is 632. The van der Waals surface area contributed by atoms with Gasteiger partial charge in [0.15, 0.2) is 5.16 Å². The number of rotatable bonds is 5. The monoisotopic (exact) mass is 300 g/mol. The van der Waals surface area contributed by atoms with Crippen LogP contribution < -0.4 is 5.32 Å². The number of nitrogens with one attached hydrogen (secondary N) is 1. The fraction of sp³-hybridized carbons (Fsp3) is 0.438. The summed E-state index contributed by atoms with van der Waals surface area (Å²) in [7, 11) is 0. The van der Waals surface area contributed by atoms with Gasteiger partial charge in [-0.2, -0.15) is 0 Å². The molecule has 1 aliphatic rings. The number of hydrogen-bond donors (Lipinski definition) is 1. The lowest BCUT2D eigenvalue weighted by atomic mass is 10.2. The molecule has 0 bridgehead atoms. The molecule has 0 aromatic carbocycles. The molecule has 0 radical (unpaired) electrons. The van der Waals surface area contributed by atoms with Crippen LogP contribution in [0, 0.1) is 20.8 Å². The lowest BCUT2D eigenvalue weighted by Crippen LogP contribution is -2.15. The molecule has 3 rings (SSSR count). The van der Waals surface area contributed by atoms with Crippen LogP contribution in [0.4, 0.5) is 0 Å². The molecule has 1 fully saturated rings. The first kappa shape index (κ1) is 14.5. The van der Waals surface area contributed by atoms with Gasteiger partial charge in [-0.1, -0.05) is 6.07 Å². The molecule has 1 N–H and O–H groups in total. The molecule has 0 unspecified atom stereocenters. The number of aryl methyl sites for hydroxylation is 3. The summed E-state index contributed by atoms with van der Waals surface area (Å²) >= 11 is 1.53. The summed E-state index contributed by atoms with van der Waals surface area (Å²) in [6.07, 6.45) is 4.57. The van der Waals surface area contributed by atoms with Gasteiger partial charge < -0.3 is 5.32 Å². The van der Waals surface area contributed by atoms with Crippen molar-refractivity contribution >= 4 is 11.8 Å². The first-order valence-electron chi connectivity index (χ1n) is 7.29. The van der Waals surface area contributed by atoms with E-state index in [0.717, 1.165) is 34.2 Å². The zero-order valence-corrected chi connectivity index (χ0v) is 13.5. The van der Waals surface area contributed by atoms with Crippen LogP contribution in [-0.2, 0) is 6.54 Å². The quantitative estimate of drug-likeness (QED) is 0.859. The lowest BCUT2D eigenvalue weighted by Gasteiger charge is -2.08. The van der Waals surface area contributed by atoms with Crippen molar-refractivity contribution in [1.29, 1.82) is 0 Å². The van der Waals surface area contributed by atoms with E-state index in [1.165, 1.54) is 35.7 Å². The van der Waals surface area contributed by atoms with E-state index in [2.05, 4.69) is 33.3 Å². The lowest BCUT2D eigenvalue weighted by molar-refractivity contribution is 0.684. The van der Waals surface area contributed by atoms with Crippen molar-refractivity contribution in [2.24, 2.45) is 0 Å². The van der Waals surface area contributed by atoms with Gasteiger partial charge in [-0.15, -0.1) is 0 Å². The van der Waals surface area contributed by atoms with E-state index in [-0.39, 0.29) is 0 Å². The summed E-state index contributed by atoms with van der Waals surface area (Å²) in [5.41, 5.74) is 4.41. The van der Waals surface area contributed by atoms with Crippen LogP contribution in [-0.4, -0.2) is 21.0 Å². The minimum atomic E-state index is 0.725. The molecule has 0 saturated heterocycles. The zero-order chi connectivity index (χ0) is 14.8. The van der Waals surface area contributed by atoms with Crippen LogP contribution >= 0.6 is 11.8 Å². The minimum Gasteiger partial charge on any atom is -0.310 e. The van der Waals surface area contributed by atoms with E-state index in [0.29, 0.717) is 0 Å². The highest BCUT2D eigenvalue weighted by Crippen LogP contribution is 2.27. The van der Waals surface area contributed by atoms with Gasteiger partial charge in [0, 0.05) is 30.2 Å². The second-order valence-electron chi connectivity index (χ2n) is 5.66. The minimum absolute atomic E-state index is 0.725.